The summed E-state index contributed by atoms with van der Waals surface area (Å²) in [6, 6.07) is 17.5. The predicted octanol–water partition coefficient (Wildman–Crippen LogP) is 5.16. The van der Waals surface area contributed by atoms with E-state index in [9.17, 15) is 0 Å². The predicted molar refractivity (Wildman–Crippen MR) is 90.2 cm³/mol. The second-order valence-corrected chi connectivity index (χ2v) is 4.74. The third-order valence-corrected chi connectivity index (χ3v) is 2.83. The molecule has 0 fully saturated rings. The number of hydrogen-bond acceptors (Lipinski definition) is 1. The van der Waals surface area contributed by atoms with E-state index in [2.05, 4.69) is 35.3 Å². The Balaban J connectivity index is 0.000000264. The van der Waals surface area contributed by atoms with Crippen molar-refractivity contribution in [2.75, 3.05) is 0 Å². The van der Waals surface area contributed by atoms with Gasteiger partial charge in [-0.1, -0.05) is 32.0 Å². The maximum atomic E-state index is 8.44. The summed E-state index contributed by atoms with van der Waals surface area (Å²) in [6.07, 6.45) is 3.21. The molecule has 0 aliphatic heterocycles. The molecular weight excluding hydrogens is 450 g/mol. The number of aromatic nitrogens is 1. The molecule has 0 atom stereocenters. The van der Waals surface area contributed by atoms with Crippen molar-refractivity contribution in [2.24, 2.45) is 0 Å². The Morgan fingerprint density at radius 2 is 1.82 bits per heavy atom. The van der Waals surface area contributed by atoms with Crippen LogP contribution < -0.4 is 0 Å². The molecular formula is C18H16IrN3. The molecule has 2 aromatic carbocycles. The first-order valence-corrected chi connectivity index (χ1v) is 6.64. The molecule has 3 nitrogen and oxygen atoms in total. The van der Waals surface area contributed by atoms with Gasteiger partial charge >= 0.3 is 20.1 Å². The van der Waals surface area contributed by atoms with Gasteiger partial charge in [0.25, 0.3) is 0 Å². The fraction of sp³-hybridized carbons (Fsp3) is 0.111. The third-order valence-electron chi connectivity index (χ3n) is 2.83. The van der Waals surface area contributed by atoms with Crippen LogP contribution in [0.1, 0.15) is 13.8 Å². The fourth-order valence-electron chi connectivity index (χ4n) is 2.05. The topological polar surface area (TPSA) is 59.0 Å². The van der Waals surface area contributed by atoms with Crippen molar-refractivity contribution in [3.05, 3.63) is 77.6 Å². The Bertz CT molecular complexity index is 751. The first-order chi connectivity index (χ1) is 10.1. The second-order valence-electron chi connectivity index (χ2n) is 4.74. The average molecular weight is 467 g/mol. The van der Waals surface area contributed by atoms with Crippen molar-refractivity contribution in [2.45, 2.75) is 13.8 Å². The van der Waals surface area contributed by atoms with E-state index in [0.717, 1.165) is 10.9 Å². The molecule has 1 heterocycles. The molecule has 0 spiro atoms. The molecule has 0 amide bonds. The number of nitrogens with one attached hydrogen (secondary N) is 1. The molecule has 4 heteroatoms. The van der Waals surface area contributed by atoms with E-state index in [1.54, 1.807) is 6.92 Å². The van der Waals surface area contributed by atoms with Crippen molar-refractivity contribution < 1.29 is 20.1 Å². The smallest absolute Gasteiger partial charge is 0.808 e. The molecule has 22 heavy (non-hydrogen) atoms. The molecule has 3 rings (SSSR count). The van der Waals surface area contributed by atoms with Crippen molar-refractivity contribution in [3.63, 3.8) is 0 Å². The standard InChI is InChI=1S/C13H8N.C5H8N2.Ir/c1-2-6-12-10(4-1)7-8-11-5-3-9-14-13(11)12;1-4(6)3-5(2)7;/h1-5,7-9H;3,6H,1-2H3;/q-1;-2;+3. The molecule has 0 unspecified atom stereocenters. The van der Waals surface area contributed by atoms with Crippen LogP contribution in [0.4, 0.5) is 0 Å². The van der Waals surface area contributed by atoms with Gasteiger partial charge in [0.2, 0.25) is 0 Å². The summed E-state index contributed by atoms with van der Waals surface area (Å²) in [5, 5.41) is 11.9. The minimum atomic E-state index is 0. The van der Waals surface area contributed by atoms with Crippen molar-refractivity contribution in [3.8, 4) is 0 Å². The summed E-state index contributed by atoms with van der Waals surface area (Å²) in [6.45, 7) is 3.15. The molecule has 112 valence electrons. The fourth-order valence-corrected chi connectivity index (χ4v) is 2.05. The number of rotatable bonds is 1. The van der Waals surface area contributed by atoms with E-state index < -0.39 is 0 Å². The number of fused-ring (bicyclic) bond motifs is 3. The quantitative estimate of drug-likeness (QED) is 0.278. The largest absolute Gasteiger partial charge is 3.00 e. The normalized spacial score (nSPS) is 10.5. The minimum absolute atomic E-state index is 0. The van der Waals surface area contributed by atoms with Crippen LogP contribution in [0.2, 0.25) is 0 Å². The van der Waals surface area contributed by atoms with Crippen LogP contribution in [0.25, 0.3) is 32.8 Å². The zero-order valence-electron chi connectivity index (χ0n) is 12.4. The van der Waals surface area contributed by atoms with Crippen LogP contribution in [0.3, 0.4) is 0 Å². The molecule has 0 radical (unpaired) electrons. The zero-order chi connectivity index (χ0) is 15.2. The first-order valence-electron chi connectivity index (χ1n) is 6.64. The maximum Gasteiger partial charge on any atom is 3.00 e. The van der Waals surface area contributed by atoms with Gasteiger partial charge in [-0.2, -0.15) is 11.4 Å². The van der Waals surface area contributed by atoms with Gasteiger partial charge in [0.15, 0.2) is 0 Å². The summed E-state index contributed by atoms with van der Waals surface area (Å²) < 4.78 is 0. The SMILES string of the molecule is CC(=[N-])C=C(C)[NH-].[Ir+3].[c-]1cccc2ccc3cccnc3c12. The van der Waals surface area contributed by atoms with Gasteiger partial charge < -0.3 is 16.1 Å². The average Bonchev–Trinajstić information content (AvgIpc) is 2.46. The molecule has 0 bridgehead atoms. The van der Waals surface area contributed by atoms with Gasteiger partial charge in [0.05, 0.1) is 0 Å². The minimum Gasteiger partial charge on any atom is -0.808 e. The monoisotopic (exact) mass is 467 g/mol. The molecule has 1 N–H and O–H groups in total. The number of benzene rings is 2. The van der Waals surface area contributed by atoms with Crippen LogP contribution in [0.15, 0.2) is 60.4 Å². The van der Waals surface area contributed by atoms with Gasteiger partial charge in [0.1, 0.15) is 0 Å². The van der Waals surface area contributed by atoms with Crippen LogP contribution >= 0.6 is 0 Å². The van der Waals surface area contributed by atoms with Gasteiger partial charge in [-0.3, -0.25) is 0 Å². The Hall–Kier alpha value is -2.03. The Morgan fingerprint density at radius 3 is 2.45 bits per heavy atom. The maximum absolute atomic E-state index is 8.44. The van der Waals surface area contributed by atoms with Crippen LogP contribution in [-0.2, 0) is 20.1 Å². The molecule has 0 saturated carbocycles. The van der Waals surface area contributed by atoms with E-state index in [0.29, 0.717) is 5.70 Å². The second kappa shape index (κ2) is 8.42. The Morgan fingerprint density at radius 1 is 1.14 bits per heavy atom. The van der Waals surface area contributed by atoms with Crippen LogP contribution in [0.5, 0.6) is 0 Å². The summed E-state index contributed by atoms with van der Waals surface area (Å²) in [4.78, 5) is 4.38. The van der Waals surface area contributed by atoms with Gasteiger partial charge in [-0.25, -0.2) is 0 Å². The number of hydrogen-bond donors (Lipinski definition) is 0. The zero-order valence-corrected chi connectivity index (χ0v) is 14.8. The van der Waals surface area contributed by atoms with Crippen LogP contribution in [0, 0.1) is 6.07 Å². The molecule has 1 aromatic heterocycles. The molecule has 0 aliphatic carbocycles. The summed E-state index contributed by atoms with van der Waals surface area (Å²) in [5.41, 5.74) is 8.38. The number of pyridine rings is 1. The van der Waals surface area contributed by atoms with E-state index in [4.69, 9.17) is 11.1 Å². The summed E-state index contributed by atoms with van der Waals surface area (Å²) >= 11 is 0. The number of allylic oxidation sites excluding steroid dienone is 2. The molecule has 0 saturated heterocycles. The van der Waals surface area contributed by atoms with Crippen LogP contribution in [-0.4, -0.2) is 10.7 Å². The Kier molecular flexibility index (Phi) is 6.90. The van der Waals surface area contributed by atoms with Crippen molar-refractivity contribution in [1.82, 2.24) is 4.98 Å². The van der Waals surface area contributed by atoms with Crippen molar-refractivity contribution >= 4 is 27.4 Å². The molecule has 0 aliphatic rings. The van der Waals surface area contributed by atoms with Crippen molar-refractivity contribution in [1.29, 1.82) is 0 Å². The Labute approximate surface area is 144 Å². The van der Waals surface area contributed by atoms with E-state index in [1.165, 1.54) is 23.8 Å². The summed E-state index contributed by atoms with van der Waals surface area (Å²) in [7, 11) is 0. The van der Waals surface area contributed by atoms with E-state index >= 15 is 0 Å². The van der Waals surface area contributed by atoms with Gasteiger partial charge in [0, 0.05) is 6.20 Å². The number of nitrogens with zero attached hydrogens (tertiary/aromatic N) is 2. The van der Waals surface area contributed by atoms with E-state index in [1.807, 2.05) is 24.4 Å². The van der Waals surface area contributed by atoms with Gasteiger partial charge in [-0.15, -0.1) is 41.1 Å². The van der Waals surface area contributed by atoms with Gasteiger partial charge in [-0.05, 0) is 17.0 Å². The summed E-state index contributed by atoms with van der Waals surface area (Å²) in [5.74, 6) is 0. The molecule has 3 aromatic rings. The van der Waals surface area contributed by atoms with E-state index in [-0.39, 0.29) is 25.8 Å². The first kappa shape index (κ1) is 18.0. The third kappa shape index (κ3) is 4.76.